The second-order valence-electron chi connectivity index (χ2n) is 4.81. The average Bonchev–Trinajstić information content (AvgIpc) is 3.16. The summed E-state index contributed by atoms with van der Waals surface area (Å²) in [5.74, 6) is 0.484. The zero-order valence-corrected chi connectivity index (χ0v) is 8.86. The summed E-state index contributed by atoms with van der Waals surface area (Å²) in [6, 6.07) is 4.16. The maximum absolute atomic E-state index is 11.5. The number of ether oxygens (including phenoxy) is 2. The molecule has 4 rings (SSSR count). The fourth-order valence-electron chi connectivity index (χ4n) is 2.47. The van der Waals surface area contributed by atoms with E-state index in [9.17, 15) is 4.79 Å². The van der Waals surface area contributed by atoms with E-state index in [1.807, 2.05) is 6.07 Å². The van der Waals surface area contributed by atoms with Gasteiger partial charge in [0.05, 0.1) is 12.2 Å². The normalized spacial score (nSPS) is 26.5. The number of rotatable bonds is 2. The monoisotopic (exact) mass is 216 g/mol. The molecule has 0 amide bonds. The van der Waals surface area contributed by atoms with E-state index < -0.39 is 0 Å². The highest BCUT2D eigenvalue weighted by Gasteiger charge is 2.36. The molecule has 2 aliphatic heterocycles. The van der Waals surface area contributed by atoms with Crippen LogP contribution in [-0.2, 0) is 16.1 Å². The molecule has 1 aromatic carbocycles. The Morgan fingerprint density at radius 1 is 1.19 bits per heavy atom. The first-order valence-electron chi connectivity index (χ1n) is 5.78. The van der Waals surface area contributed by atoms with Crippen LogP contribution in [0.2, 0.25) is 0 Å². The first-order valence-corrected chi connectivity index (χ1v) is 5.78. The lowest BCUT2D eigenvalue weighted by molar-refractivity contribution is 0.0535. The van der Waals surface area contributed by atoms with Crippen LogP contribution in [0, 0.1) is 0 Å². The van der Waals surface area contributed by atoms with Crippen molar-refractivity contribution in [1.82, 2.24) is 0 Å². The molecular weight excluding hydrogens is 204 g/mol. The van der Waals surface area contributed by atoms with Gasteiger partial charge in [0, 0.05) is 5.56 Å². The average molecular weight is 216 g/mol. The van der Waals surface area contributed by atoms with Crippen LogP contribution in [-0.4, -0.2) is 12.6 Å². The minimum atomic E-state index is -0.167. The predicted octanol–water partition coefficient (Wildman–Crippen LogP) is 2.31. The van der Waals surface area contributed by atoms with E-state index in [4.69, 9.17) is 9.47 Å². The number of carbonyl (C=O) groups excluding carboxylic acids is 1. The second kappa shape index (κ2) is 2.86. The van der Waals surface area contributed by atoms with Gasteiger partial charge >= 0.3 is 5.97 Å². The molecule has 82 valence electrons. The molecule has 1 aromatic rings. The Labute approximate surface area is 93.4 Å². The van der Waals surface area contributed by atoms with Crippen LogP contribution >= 0.6 is 0 Å². The molecule has 0 spiro atoms. The predicted molar refractivity (Wildman–Crippen MR) is 56.2 cm³/mol. The van der Waals surface area contributed by atoms with E-state index in [0.29, 0.717) is 12.5 Å². The molecule has 0 bridgehead atoms. The number of epoxide rings is 1. The number of hydrogen-bond acceptors (Lipinski definition) is 3. The lowest BCUT2D eigenvalue weighted by Gasteiger charge is -2.08. The third kappa shape index (κ3) is 1.21. The van der Waals surface area contributed by atoms with Crippen molar-refractivity contribution < 1.29 is 14.3 Å². The van der Waals surface area contributed by atoms with Gasteiger partial charge < -0.3 is 9.47 Å². The van der Waals surface area contributed by atoms with E-state index in [0.717, 1.165) is 17.7 Å². The topological polar surface area (TPSA) is 38.8 Å². The van der Waals surface area contributed by atoms with Gasteiger partial charge in [-0.05, 0) is 42.0 Å². The van der Waals surface area contributed by atoms with Gasteiger partial charge in [0.2, 0.25) is 0 Å². The minimum absolute atomic E-state index is 0.167. The van der Waals surface area contributed by atoms with Crippen LogP contribution in [0.4, 0.5) is 0 Å². The summed E-state index contributed by atoms with van der Waals surface area (Å²) in [6.07, 6.45) is 2.76. The lowest BCUT2D eigenvalue weighted by Crippen LogP contribution is -1.98. The summed E-state index contributed by atoms with van der Waals surface area (Å²) < 4.78 is 10.4. The quantitative estimate of drug-likeness (QED) is 0.562. The van der Waals surface area contributed by atoms with Gasteiger partial charge in [-0.2, -0.15) is 0 Å². The van der Waals surface area contributed by atoms with Crippen LogP contribution in [0.1, 0.15) is 51.9 Å². The standard InChI is InChI=1S/C13H12O3/c14-13-10-4-9(7-1-2-7)11(12-6-15-12)3-8(10)5-16-13/h3-4,7,12H,1-2,5-6H2/t12-/m1/s1. The highest BCUT2D eigenvalue weighted by Crippen LogP contribution is 2.47. The van der Waals surface area contributed by atoms with Crippen molar-refractivity contribution >= 4 is 5.97 Å². The van der Waals surface area contributed by atoms with Crippen molar-refractivity contribution in [3.8, 4) is 0 Å². The number of cyclic esters (lactones) is 1. The molecule has 1 atom stereocenters. The Kier molecular flexibility index (Phi) is 1.56. The third-order valence-electron chi connectivity index (χ3n) is 3.58. The zero-order chi connectivity index (χ0) is 10.7. The molecule has 0 radical (unpaired) electrons. The molecule has 16 heavy (non-hydrogen) atoms. The Balaban J connectivity index is 1.88. The van der Waals surface area contributed by atoms with E-state index in [-0.39, 0.29) is 12.1 Å². The molecule has 3 aliphatic rings. The summed E-state index contributed by atoms with van der Waals surface area (Å²) in [5, 5.41) is 0. The molecule has 0 N–H and O–H groups in total. The summed E-state index contributed by atoms with van der Waals surface area (Å²) in [4.78, 5) is 11.5. The highest BCUT2D eigenvalue weighted by molar-refractivity contribution is 5.93. The largest absolute Gasteiger partial charge is 0.457 e. The molecule has 3 heteroatoms. The molecule has 1 aliphatic carbocycles. The van der Waals surface area contributed by atoms with Crippen molar-refractivity contribution in [3.05, 3.63) is 34.4 Å². The van der Waals surface area contributed by atoms with Gasteiger partial charge in [0.15, 0.2) is 0 Å². The highest BCUT2D eigenvalue weighted by atomic mass is 16.6. The Morgan fingerprint density at radius 3 is 2.69 bits per heavy atom. The molecule has 1 saturated carbocycles. The van der Waals surface area contributed by atoms with Gasteiger partial charge in [0.1, 0.15) is 12.7 Å². The van der Waals surface area contributed by atoms with E-state index in [2.05, 4.69) is 6.07 Å². The van der Waals surface area contributed by atoms with Crippen molar-refractivity contribution in [1.29, 1.82) is 0 Å². The molecule has 0 aromatic heterocycles. The smallest absolute Gasteiger partial charge is 0.338 e. The number of carbonyl (C=O) groups is 1. The summed E-state index contributed by atoms with van der Waals surface area (Å²) in [7, 11) is 0. The molecule has 0 unspecified atom stereocenters. The Morgan fingerprint density at radius 2 is 2.00 bits per heavy atom. The maximum Gasteiger partial charge on any atom is 0.338 e. The van der Waals surface area contributed by atoms with Crippen molar-refractivity contribution in [2.24, 2.45) is 0 Å². The first kappa shape index (κ1) is 8.76. The number of fused-ring (bicyclic) bond motifs is 1. The van der Waals surface area contributed by atoms with Crippen LogP contribution < -0.4 is 0 Å². The van der Waals surface area contributed by atoms with Gasteiger partial charge in [-0.3, -0.25) is 0 Å². The van der Waals surface area contributed by atoms with Crippen LogP contribution in [0.15, 0.2) is 12.1 Å². The third-order valence-corrected chi connectivity index (χ3v) is 3.58. The molecule has 2 fully saturated rings. The molecule has 3 nitrogen and oxygen atoms in total. The van der Waals surface area contributed by atoms with Crippen LogP contribution in [0.25, 0.3) is 0 Å². The Bertz CT molecular complexity index is 484. The van der Waals surface area contributed by atoms with Crippen molar-refractivity contribution in [2.45, 2.75) is 31.5 Å². The summed E-state index contributed by atoms with van der Waals surface area (Å²) >= 11 is 0. The van der Waals surface area contributed by atoms with Crippen molar-refractivity contribution in [3.63, 3.8) is 0 Å². The van der Waals surface area contributed by atoms with Gasteiger partial charge in [-0.25, -0.2) is 4.79 Å². The number of hydrogen-bond donors (Lipinski definition) is 0. The SMILES string of the molecule is O=C1OCc2cc([C@H]3CO3)c(C3CC3)cc21. The van der Waals surface area contributed by atoms with Crippen LogP contribution in [0.3, 0.4) is 0 Å². The fraction of sp³-hybridized carbons (Fsp3) is 0.462. The number of esters is 1. The lowest BCUT2D eigenvalue weighted by atomic mass is 9.95. The maximum atomic E-state index is 11.5. The minimum Gasteiger partial charge on any atom is -0.457 e. The molecular formula is C13H12O3. The van der Waals surface area contributed by atoms with Gasteiger partial charge in [-0.15, -0.1) is 0 Å². The van der Waals surface area contributed by atoms with E-state index in [1.165, 1.54) is 24.0 Å². The summed E-state index contributed by atoms with van der Waals surface area (Å²) in [6.45, 7) is 1.26. The van der Waals surface area contributed by atoms with Gasteiger partial charge in [0.25, 0.3) is 0 Å². The van der Waals surface area contributed by atoms with Crippen molar-refractivity contribution in [2.75, 3.05) is 6.61 Å². The number of benzene rings is 1. The summed E-state index contributed by atoms with van der Waals surface area (Å²) in [5.41, 5.74) is 4.41. The van der Waals surface area contributed by atoms with Gasteiger partial charge in [-0.1, -0.05) is 0 Å². The molecule has 1 saturated heterocycles. The van der Waals surface area contributed by atoms with E-state index >= 15 is 0 Å². The van der Waals surface area contributed by atoms with Crippen LogP contribution in [0.5, 0.6) is 0 Å². The first-order chi connectivity index (χ1) is 7.83. The van der Waals surface area contributed by atoms with E-state index in [1.54, 1.807) is 0 Å². The zero-order valence-electron chi connectivity index (χ0n) is 8.86. The molecule has 2 heterocycles. The fourth-order valence-corrected chi connectivity index (χ4v) is 2.47. The Hall–Kier alpha value is -1.35. The second-order valence-corrected chi connectivity index (χ2v) is 4.81.